The Kier molecular flexibility index (Phi) is 3.87. The average molecular weight is 408 g/mol. The maximum atomic E-state index is 12.5. The monoisotopic (exact) mass is 406 g/mol. The third-order valence-corrected chi connectivity index (χ3v) is 6.18. The molecule has 0 saturated carbocycles. The molecule has 0 bridgehead atoms. The van der Waals surface area contributed by atoms with Gasteiger partial charge in [-0.15, -0.1) is 11.3 Å². The van der Waals surface area contributed by atoms with Crippen molar-refractivity contribution in [3.05, 3.63) is 60.9 Å². The van der Waals surface area contributed by atoms with Crippen LogP contribution in [0, 0.1) is 0 Å². The van der Waals surface area contributed by atoms with Crippen LogP contribution in [0.15, 0.2) is 33.5 Å². The van der Waals surface area contributed by atoms with E-state index in [2.05, 4.69) is 25.9 Å². The molecule has 2 heterocycles. The molecule has 1 N–H and O–H groups in total. The number of aromatic amines is 1. The molecule has 0 aliphatic heterocycles. The molecule has 0 spiro atoms. The third-order valence-electron chi connectivity index (χ3n) is 3.99. The van der Waals surface area contributed by atoms with Crippen LogP contribution in [0.4, 0.5) is 0 Å². The molecule has 1 aliphatic carbocycles. The fraction of sp³-hybridized carbons (Fsp3) is 0.176. The fourth-order valence-corrected chi connectivity index (χ4v) is 4.78. The fourth-order valence-electron chi connectivity index (χ4n) is 2.91. The Hall–Kier alpha value is -1.43. The topological polar surface area (TPSA) is 45.8 Å². The highest BCUT2D eigenvalue weighted by molar-refractivity contribution is 9.10. The van der Waals surface area contributed by atoms with Gasteiger partial charge in [-0.05, 0) is 42.5 Å². The summed E-state index contributed by atoms with van der Waals surface area (Å²) in [5.74, 6) is 0.417. The zero-order valence-corrected chi connectivity index (χ0v) is 15.2. The van der Waals surface area contributed by atoms with Crippen molar-refractivity contribution in [3.8, 4) is 0 Å². The van der Waals surface area contributed by atoms with E-state index in [1.807, 2.05) is 24.3 Å². The molecule has 0 atom stereocenters. The van der Waals surface area contributed by atoms with E-state index in [-0.39, 0.29) is 5.56 Å². The van der Waals surface area contributed by atoms with Crippen molar-refractivity contribution in [2.24, 2.45) is 0 Å². The smallest absolute Gasteiger partial charge is 0.260 e. The highest BCUT2D eigenvalue weighted by Crippen LogP contribution is 2.35. The van der Waals surface area contributed by atoms with Gasteiger partial charge in [0.05, 0.1) is 10.4 Å². The van der Waals surface area contributed by atoms with E-state index in [0.29, 0.717) is 10.9 Å². The Morgan fingerprint density at radius 3 is 3.00 bits per heavy atom. The van der Waals surface area contributed by atoms with E-state index in [4.69, 9.17) is 11.6 Å². The number of H-pyrrole nitrogens is 1. The lowest BCUT2D eigenvalue weighted by Crippen LogP contribution is -2.10. The Balaban J connectivity index is 1.84. The molecule has 0 amide bonds. The Bertz CT molecular complexity index is 1010. The maximum absolute atomic E-state index is 12.5. The summed E-state index contributed by atoms with van der Waals surface area (Å²) in [6, 6.07) is 7.76. The van der Waals surface area contributed by atoms with Crippen LogP contribution in [0.5, 0.6) is 0 Å². The highest BCUT2D eigenvalue weighted by Gasteiger charge is 2.21. The molecule has 3 nitrogen and oxygen atoms in total. The third kappa shape index (κ3) is 2.67. The van der Waals surface area contributed by atoms with Crippen molar-refractivity contribution in [2.75, 3.05) is 0 Å². The number of thiophene rings is 1. The largest absolute Gasteiger partial charge is 0.305 e. The van der Waals surface area contributed by atoms with Crippen molar-refractivity contribution in [1.82, 2.24) is 9.97 Å². The van der Waals surface area contributed by atoms with Crippen LogP contribution < -0.4 is 5.56 Å². The van der Waals surface area contributed by atoms with Crippen LogP contribution in [0.2, 0.25) is 0 Å². The molecule has 1 aliphatic rings. The van der Waals surface area contributed by atoms with Crippen molar-refractivity contribution >= 4 is 60.2 Å². The van der Waals surface area contributed by atoms with Gasteiger partial charge >= 0.3 is 0 Å². The molecular formula is C17H12BrClN2OS. The summed E-state index contributed by atoms with van der Waals surface area (Å²) in [5.41, 5.74) is 2.02. The summed E-state index contributed by atoms with van der Waals surface area (Å²) in [6.45, 7) is 0. The van der Waals surface area contributed by atoms with E-state index < -0.39 is 0 Å². The van der Waals surface area contributed by atoms with Gasteiger partial charge < -0.3 is 4.98 Å². The second-order valence-corrected chi connectivity index (χ2v) is 7.81. The van der Waals surface area contributed by atoms with Crippen molar-refractivity contribution in [1.29, 1.82) is 0 Å². The summed E-state index contributed by atoms with van der Waals surface area (Å²) in [5, 5.41) is 1.17. The SMILES string of the molecule is O=c1[nH]c(/C(Cl)=C/c2ccccc2Br)nc2sc3c(c12)CCC3. The van der Waals surface area contributed by atoms with Crippen molar-refractivity contribution in [2.45, 2.75) is 19.3 Å². The zero-order valence-electron chi connectivity index (χ0n) is 12.0. The molecule has 23 heavy (non-hydrogen) atoms. The summed E-state index contributed by atoms with van der Waals surface area (Å²) in [6.07, 6.45) is 4.95. The first kappa shape index (κ1) is 15.1. The molecule has 4 rings (SSSR count). The second-order valence-electron chi connectivity index (χ2n) is 5.47. The van der Waals surface area contributed by atoms with Crippen LogP contribution in [-0.4, -0.2) is 9.97 Å². The summed E-state index contributed by atoms with van der Waals surface area (Å²) < 4.78 is 0.941. The number of fused-ring (bicyclic) bond motifs is 3. The highest BCUT2D eigenvalue weighted by atomic mass is 79.9. The summed E-state index contributed by atoms with van der Waals surface area (Å²) in [4.78, 5) is 21.9. The maximum Gasteiger partial charge on any atom is 0.260 e. The summed E-state index contributed by atoms with van der Waals surface area (Å²) >= 11 is 11.5. The van der Waals surface area contributed by atoms with E-state index in [1.165, 1.54) is 10.4 Å². The molecule has 0 fully saturated rings. The number of nitrogens with one attached hydrogen (secondary N) is 1. The van der Waals surface area contributed by atoms with Crippen LogP contribution in [0.1, 0.15) is 28.2 Å². The van der Waals surface area contributed by atoms with Crippen LogP contribution in [0.3, 0.4) is 0 Å². The van der Waals surface area contributed by atoms with E-state index in [9.17, 15) is 4.79 Å². The molecule has 0 radical (unpaired) electrons. The minimum atomic E-state index is -0.0944. The van der Waals surface area contributed by atoms with Gasteiger partial charge in [0.25, 0.3) is 5.56 Å². The van der Waals surface area contributed by atoms with Gasteiger partial charge in [0.15, 0.2) is 5.82 Å². The molecule has 6 heteroatoms. The van der Waals surface area contributed by atoms with Crippen LogP contribution in [-0.2, 0) is 12.8 Å². The van der Waals surface area contributed by atoms with E-state index in [0.717, 1.165) is 39.5 Å². The molecule has 2 aromatic heterocycles. The average Bonchev–Trinajstić information content (AvgIpc) is 3.09. The number of aromatic nitrogens is 2. The number of rotatable bonds is 2. The number of nitrogens with zero attached hydrogens (tertiary/aromatic N) is 1. The quantitative estimate of drug-likeness (QED) is 0.651. The lowest BCUT2D eigenvalue weighted by atomic mass is 10.2. The molecule has 0 saturated heterocycles. The first-order valence-electron chi connectivity index (χ1n) is 7.30. The van der Waals surface area contributed by atoms with Gasteiger partial charge in [-0.2, -0.15) is 0 Å². The molecule has 116 valence electrons. The minimum absolute atomic E-state index is 0.0944. The van der Waals surface area contributed by atoms with Crippen molar-refractivity contribution < 1.29 is 0 Å². The van der Waals surface area contributed by atoms with E-state index >= 15 is 0 Å². The molecule has 1 aromatic carbocycles. The minimum Gasteiger partial charge on any atom is -0.305 e. The Morgan fingerprint density at radius 2 is 2.17 bits per heavy atom. The number of hydrogen-bond donors (Lipinski definition) is 1. The van der Waals surface area contributed by atoms with Gasteiger partial charge in [-0.1, -0.05) is 45.7 Å². The second kappa shape index (κ2) is 5.89. The lowest BCUT2D eigenvalue weighted by Gasteiger charge is -2.02. The van der Waals surface area contributed by atoms with Gasteiger partial charge in [-0.3, -0.25) is 4.79 Å². The predicted octanol–water partition coefficient (Wildman–Crippen LogP) is 4.97. The van der Waals surface area contributed by atoms with Crippen LogP contribution >= 0.6 is 38.9 Å². The Labute approximate surface area is 150 Å². The van der Waals surface area contributed by atoms with E-state index in [1.54, 1.807) is 17.4 Å². The van der Waals surface area contributed by atoms with Gasteiger partial charge in [0.1, 0.15) is 4.83 Å². The van der Waals surface area contributed by atoms with Gasteiger partial charge in [0, 0.05) is 9.35 Å². The number of aryl methyl sites for hydroxylation is 2. The summed E-state index contributed by atoms with van der Waals surface area (Å²) in [7, 11) is 0. The number of halogens is 2. The first-order valence-corrected chi connectivity index (χ1v) is 9.29. The molecular weight excluding hydrogens is 396 g/mol. The normalized spacial score (nSPS) is 14.4. The first-order chi connectivity index (χ1) is 11.1. The number of benzene rings is 1. The zero-order chi connectivity index (χ0) is 16.0. The number of hydrogen-bond acceptors (Lipinski definition) is 3. The Morgan fingerprint density at radius 1 is 1.35 bits per heavy atom. The predicted molar refractivity (Wildman–Crippen MR) is 100 cm³/mol. The molecule has 0 unspecified atom stereocenters. The van der Waals surface area contributed by atoms with Crippen molar-refractivity contribution in [3.63, 3.8) is 0 Å². The van der Waals surface area contributed by atoms with Gasteiger partial charge in [0.2, 0.25) is 0 Å². The van der Waals surface area contributed by atoms with Crippen LogP contribution in [0.25, 0.3) is 21.3 Å². The van der Waals surface area contributed by atoms with Gasteiger partial charge in [-0.25, -0.2) is 4.98 Å². The lowest BCUT2D eigenvalue weighted by molar-refractivity contribution is 0.916. The standard InChI is InChI=1S/C17H12BrClN2OS/c18-11-6-2-1-4-9(11)8-12(19)15-20-16(22)14-10-5-3-7-13(10)23-17(14)21-15/h1-2,4,6,8H,3,5,7H2,(H,20,21,22)/b12-8-. The molecule has 3 aromatic rings.